The zero-order valence-electron chi connectivity index (χ0n) is 11.3. The standard InChI is InChI=1S/C12H25N5/c1-15-6-7-16(2)11(9-15)8-14-12(13)17(3)10-4-5-10/h10-11H,4-9H2,1-3H3,(H2,13,14). The van der Waals surface area contributed by atoms with Gasteiger partial charge in [-0.2, -0.15) is 0 Å². The molecule has 0 bridgehead atoms. The van der Waals surface area contributed by atoms with E-state index in [1.165, 1.54) is 12.8 Å². The number of rotatable bonds is 3. The van der Waals surface area contributed by atoms with Crippen LogP contribution in [0, 0.1) is 0 Å². The first-order valence-corrected chi connectivity index (χ1v) is 6.49. The predicted molar refractivity (Wildman–Crippen MR) is 71.2 cm³/mol. The van der Waals surface area contributed by atoms with E-state index in [0.717, 1.165) is 26.2 Å². The van der Waals surface area contributed by atoms with Crippen LogP contribution in [0.4, 0.5) is 0 Å². The molecule has 98 valence electrons. The molecule has 1 heterocycles. The third kappa shape index (κ3) is 3.33. The lowest BCUT2D eigenvalue weighted by atomic mass is 10.2. The molecular weight excluding hydrogens is 214 g/mol. The maximum absolute atomic E-state index is 6.00. The van der Waals surface area contributed by atoms with Gasteiger partial charge in [0.15, 0.2) is 5.96 Å². The van der Waals surface area contributed by atoms with Crippen molar-refractivity contribution in [3.05, 3.63) is 0 Å². The van der Waals surface area contributed by atoms with Crippen molar-refractivity contribution >= 4 is 5.96 Å². The van der Waals surface area contributed by atoms with Crippen LogP contribution in [0.15, 0.2) is 4.99 Å². The average molecular weight is 239 g/mol. The molecule has 1 unspecified atom stereocenters. The lowest BCUT2D eigenvalue weighted by Gasteiger charge is -2.37. The Kier molecular flexibility index (Phi) is 3.89. The molecule has 2 fully saturated rings. The Balaban J connectivity index is 1.84. The second-order valence-electron chi connectivity index (χ2n) is 5.44. The molecule has 5 heteroatoms. The number of aliphatic imine (C=N–C) groups is 1. The van der Waals surface area contributed by atoms with Gasteiger partial charge in [0, 0.05) is 38.8 Å². The van der Waals surface area contributed by atoms with Crippen molar-refractivity contribution in [3.8, 4) is 0 Å². The average Bonchev–Trinajstić information content (AvgIpc) is 3.13. The Morgan fingerprint density at radius 1 is 1.35 bits per heavy atom. The van der Waals surface area contributed by atoms with E-state index in [1.807, 2.05) is 7.05 Å². The van der Waals surface area contributed by atoms with Gasteiger partial charge in [-0.3, -0.25) is 9.89 Å². The minimum absolute atomic E-state index is 0.500. The number of nitrogens with zero attached hydrogens (tertiary/aromatic N) is 4. The molecule has 1 atom stereocenters. The molecule has 0 aromatic heterocycles. The van der Waals surface area contributed by atoms with Gasteiger partial charge in [-0.05, 0) is 26.9 Å². The monoisotopic (exact) mass is 239 g/mol. The van der Waals surface area contributed by atoms with Crippen LogP contribution in [0.5, 0.6) is 0 Å². The first-order valence-electron chi connectivity index (χ1n) is 6.49. The summed E-state index contributed by atoms with van der Waals surface area (Å²) in [6.07, 6.45) is 2.53. The minimum Gasteiger partial charge on any atom is -0.370 e. The van der Waals surface area contributed by atoms with Crippen LogP contribution in [0.3, 0.4) is 0 Å². The molecule has 1 saturated heterocycles. The van der Waals surface area contributed by atoms with Gasteiger partial charge in [-0.15, -0.1) is 0 Å². The molecule has 2 aliphatic rings. The fraction of sp³-hybridized carbons (Fsp3) is 0.917. The van der Waals surface area contributed by atoms with Crippen LogP contribution in [0.25, 0.3) is 0 Å². The van der Waals surface area contributed by atoms with E-state index in [-0.39, 0.29) is 0 Å². The van der Waals surface area contributed by atoms with Crippen molar-refractivity contribution < 1.29 is 0 Å². The summed E-state index contributed by atoms with van der Waals surface area (Å²) in [6.45, 7) is 4.16. The van der Waals surface area contributed by atoms with Crippen molar-refractivity contribution in [1.29, 1.82) is 0 Å². The van der Waals surface area contributed by atoms with Crippen molar-refractivity contribution in [2.45, 2.75) is 24.9 Å². The Morgan fingerprint density at radius 2 is 2.06 bits per heavy atom. The highest BCUT2D eigenvalue weighted by Crippen LogP contribution is 2.24. The Hall–Kier alpha value is -0.810. The van der Waals surface area contributed by atoms with E-state index >= 15 is 0 Å². The normalized spacial score (nSPS) is 28.4. The third-order valence-electron chi connectivity index (χ3n) is 3.90. The number of guanidine groups is 1. The summed E-state index contributed by atoms with van der Waals surface area (Å²) in [5.41, 5.74) is 6.00. The molecule has 1 aliphatic carbocycles. The molecule has 2 N–H and O–H groups in total. The lowest BCUT2D eigenvalue weighted by Crippen LogP contribution is -2.51. The third-order valence-corrected chi connectivity index (χ3v) is 3.90. The molecule has 5 nitrogen and oxygen atoms in total. The highest BCUT2D eigenvalue weighted by Gasteiger charge is 2.28. The van der Waals surface area contributed by atoms with Gasteiger partial charge in [-0.1, -0.05) is 0 Å². The smallest absolute Gasteiger partial charge is 0.191 e. The van der Waals surface area contributed by atoms with Gasteiger partial charge in [0.25, 0.3) is 0 Å². The summed E-state index contributed by atoms with van der Waals surface area (Å²) in [7, 11) is 6.39. The van der Waals surface area contributed by atoms with Crippen LogP contribution in [0.2, 0.25) is 0 Å². The van der Waals surface area contributed by atoms with Crippen LogP contribution >= 0.6 is 0 Å². The fourth-order valence-corrected chi connectivity index (χ4v) is 2.26. The van der Waals surface area contributed by atoms with Crippen LogP contribution in [0.1, 0.15) is 12.8 Å². The zero-order valence-corrected chi connectivity index (χ0v) is 11.3. The number of hydrogen-bond donors (Lipinski definition) is 1. The second-order valence-corrected chi connectivity index (χ2v) is 5.44. The molecule has 0 spiro atoms. The molecule has 2 rings (SSSR count). The van der Waals surface area contributed by atoms with Crippen LogP contribution in [-0.4, -0.2) is 80.1 Å². The number of piperazine rings is 1. The molecular formula is C12H25N5. The molecule has 0 aromatic rings. The Morgan fingerprint density at radius 3 is 2.71 bits per heavy atom. The first kappa shape index (κ1) is 12.6. The van der Waals surface area contributed by atoms with E-state index in [4.69, 9.17) is 5.73 Å². The number of hydrogen-bond acceptors (Lipinski definition) is 3. The Labute approximate surface area is 104 Å². The van der Waals surface area contributed by atoms with Gasteiger partial charge in [0.1, 0.15) is 0 Å². The number of likely N-dealkylation sites (N-methyl/N-ethyl adjacent to an activating group) is 2. The zero-order chi connectivity index (χ0) is 12.4. The van der Waals surface area contributed by atoms with Gasteiger partial charge in [-0.25, -0.2) is 0 Å². The molecule has 1 saturated carbocycles. The van der Waals surface area contributed by atoms with Crippen molar-refractivity contribution in [3.63, 3.8) is 0 Å². The highest BCUT2D eigenvalue weighted by atomic mass is 15.3. The van der Waals surface area contributed by atoms with Crippen LogP contribution < -0.4 is 5.73 Å². The fourth-order valence-electron chi connectivity index (χ4n) is 2.26. The van der Waals surface area contributed by atoms with Gasteiger partial charge < -0.3 is 15.5 Å². The van der Waals surface area contributed by atoms with E-state index in [1.54, 1.807) is 0 Å². The van der Waals surface area contributed by atoms with E-state index in [9.17, 15) is 0 Å². The van der Waals surface area contributed by atoms with Crippen molar-refractivity contribution in [1.82, 2.24) is 14.7 Å². The second kappa shape index (κ2) is 5.23. The van der Waals surface area contributed by atoms with Crippen LogP contribution in [-0.2, 0) is 0 Å². The Bertz CT molecular complexity index is 287. The van der Waals surface area contributed by atoms with Gasteiger partial charge in [0.05, 0.1) is 6.54 Å². The maximum Gasteiger partial charge on any atom is 0.191 e. The SMILES string of the molecule is CN1CCN(C)C(CN=C(N)N(C)C2CC2)C1. The van der Waals surface area contributed by atoms with E-state index < -0.39 is 0 Å². The molecule has 17 heavy (non-hydrogen) atoms. The molecule has 1 aliphatic heterocycles. The molecule has 0 radical (unpaired) electrons. The first-order chi connectivity index (χ1) is 8.08. The van der Waals surface area contributed by atoms with E-state index in [2.05, 4.69) is 33.8 Å². The summed E-state index contributed by atoms with van der Waals surface area (Å²) >= 11 is 0. The molecule has 0 amide bonds. The lowest BCUT2D eigenvalue weighted by molar-refractivity contribution is 0.119. The van der Waals surface area contributed by atoms with Crippen molar-refractivity contribution in [2.75, 3.05) is 47.3 Å². The summed E-state index contributed by atoms with van der Waals surface area (Å²) in [5.74, 6) is 0.703. The minimum atomic E-state index is 0.500. The summed E-state index contributed by atoms with van der Waals surface area (Å²) in [4.78, 5) is 11.4. The largest absolute Gasteiger partial charge is 0.370 e. The quantitative estimate of drug-likeness (QED) is 0.540. The summed E-state index contributed by atoms with van der Waals surface area (Å²) in [6, 6.07) is 1.14. The van der Waals surface area contributed by atoms with E-state index in [0.29, 0.717) is 18.0 Å². The topological polar surface area (TPSA) is 48.1 Å². The maximum atomic E-state index is 6.00. The predicted octanol–water partition coefficient (Wildman–Crippen LogP) is -0.359. The van der Waals surface area contributed by atoms with Gasteiger partial charge in [0.2, 0.25) is 0 Å². The van der Waals surface area contributed by atoms with Crippen molar-refractivity contribution in [2.24, 2.45) is 10.7 Å². The van der Waals surface area contributed by atoms with Gasteiger partial charge >= 0.3 is 0 Å². The summed E-state index contributed by atoms with van der Waals surface area (Å²) in [5, 5.41) is 0. The highest BCUT2D eigenvalue weighted by molar-refractivity contribution is 5.78. The summed E-state index contributed by atoms with van der Waals surface area (Å²) < 4.78 is 0. The molecule has 0 aromatic carbocycles. The number of nitrogens with two attached hydrogens (primary N) is 1.